The maximum Gasteiger partial charge on any atom is 0.123 e. The molecule has 0 radical (unpaired) electrons. The van der Waals surface area contributed by atoms with Gasteiger partial charge in [0.1, 0.15) is 11.6 Å². The van der Waals surface area contributed by atoms with E-state index in [1.165, 1.54) is 42.3 Å². The molecule has 0 amide bonds. The maximum absolute atomic E-state index is 13.0. The molecule has 0 saturated carbocycles. The second kappa shape index (κ2) is 8.44. The number of halogens is 1. The number of likely N-dealkylation sites (tertiary alicyclic amines) is 1. The maximum atomic E-state index is 13.0. The summed E-state index contributed by atoms with van der Waals surface area (Å²) in [6.45, 7) is 5.41. The van der Waals surface area contributed by atoms with Gasteiger partial charge in [-0.05, 0) is 80.8 Å². The van der Waals surface area contributed by atoms with E-state index in [9.17, 15) is 4.39 Å². The molecule has 4 heteroatoms. The number of aryl methyl sites for hydroxylation is 3. The largest absolute Gasteiger partial charge is 0.330 e. The monoisotopic (exact) mass is 379 g/mol. The topological polar surface area (TPSA) is 21.1 Å². The van der Waals surface area contributed by atoms with E-state index < -0.39 is 0 Å². The van der Waals surface area contributed by atoms with Crippen LogP contribution >= 0.6 is 0 Å². The van der Waals surface area contributed by atoms with Crippen LogP contribution in [0.3, 0.4) is 0 Å². The van der Waals surface area contributed by atoms with Gasteiger partial charge in [-0.1, -0.05) is 24.3 Å². The van der Waals surface area contributed by atoms with Crippen molar-refractivity contribution in [3.63, 3.8) is 0 Å². The molecule has 0 aliphatic carbocycles. The van der Waals surface area contributed by atoms with Crippen molar-refractivity contribution in [3.05, 3.63) is 65.2 Å². The molecule has 0 spiro atoms. The third-order valence-corrected chi connectivity index (χ3v) is 6.15. The molecule has 2 heterocycles. The molecule has 148 valence electrons. The van der Waals surface area contributed by atoms with Crippen LogP contribution in [-0.2, 0) is 20.0 Å². The molecule has 2 aromatic carbocycles. The summed E-state index contributed by atoms with van der Waals surface area (Å²) in [6, 6.07) is 13.3. The van der Waals surface area contributed by atoms with Crippen molar-refractivity contribution in [2.45, 2.75) is 45.6 Å². The highest BCUT2D eigenvalue weighted by Gasteiger charge is 2.21. The van der Waals surface area contributed by atoms with Gasteiger partial charge in [0.05, 0.1) is 17.6 Å². The third-order valence-electron chi connectivity index (χ3n) is 6.15. The molecule has 1 atom stereocenters. The van der Waals surface area contributed by atoms with Gasteiger partial charge in [0.15, 0.2) is 0 Å². The van der Waals surface area contributed by atoms with E-state index in [1.54, 1.807) is 12.1 Å². The first kappa shape index (κ1) is 19.1. The van der Waals surface area contributed by atoms with Gasteiger partial charge in [-0.25, -0.2) is 9.37 Å². The molecular formula is C24H30FN3. The fraction of sp³-hybridized carbons (Fsp3) is 0.458. The molecule has 28 heavy (non-hydrogen) atoms. The van der Waals surface area contributed by atoms with Crippen molar-refractivity contribution in [2.75, 3.05) is 13.1 Å². The molecule has 1 fully saturated rings. The van der Waals surface area contributed by atoms with Crippen molar-refractivity contribution in [1.82, 2.24) is 14.5 Å². The Bertz CT molecular complexity index is 929. The number of hydrogen-bond acceptors (Lipinski definition) is 2. The number of rotatable bonds is 6. The Kier molecular flexibility index (Phi) is 5.77. The normalized spacial score (nSPS) is 18.0. The van der Waals surface area contributed by atoms with Gasteiger partial charge in [0.25, 0.3) is 0 Å². The van der Waals surface area contributed by atoms with Crippen LogP contribution in [0.25, 0.3) is 11.0 Å². The van der Waals surface area contributed by atoms with Crippen molar-refractivity contribution in [2.24, 2.45) is 13.0 Å². The van der Waals surface area contributed by atoms with Crippen molar-refractivity contribution < 1.29 is 4.39 Å². The molecule has 4 rings (SSSR count). The molecule has 1 unspecified atom stereocenters. The van der Waals surface area contributed by atoms with Crippen molar-refractivity contribution >= 4 is 11.0 Å². The van der Waals surface area contributed by atoms with Crippen LogP contribution in [0.4, 0.5) is 4.39 Å². The van der Waals surface area contributed by atoms with E-state index in [-0.39, 0.29) is 5.82 Å². The predicted octanol–water partition coefficient (Wildman–Crippen LogP) is 5.26. The molecule has 3 aromatic rings. The predicted molar refractivity (Wildman–Crippen MR) is 113 cm³/mol. The lowest BCUT2D eigenvalue weighted by Crippen LogP contribution is -2.35. The number of hydrogen-bond donors (Lipinski definition) is 0. The highest BCUT2D eigenvalue weighted by molar-refractivity contribution is 5.79. The molecule has 1 saturated heterocycles. The lowest BCUT2D eigenvalue weighted by molar-refractivity contribution is 0.156. The Morgan fingerprint density at radius 2 is 1.96 bits per heavy atom. The van der Waals surface area contributed by atoms with Crippen LogP contribution < -0.4 is 0 Å². The molecule has 1 aliphatic rings. The molecular weight excluding hydrogens is 349 g/mol. The van der Waals surface area contributed by atoms with Gasteiger partial charge < -0.3 is 4.57 Å². The highest BCUT2D eigenvalue weighted by atomic mass is 19.1. The summed E-state index contributed by atoms with van der Waals surface area (Å²) in [7, 11) is 2.14. The van der Waals surface area contributed by atoms with E-state index in [0.717, 1.165) is 43.3 Å². The summed E-state index contributed by atoms with van der Waals surface area (Å²) in [5.74, 6) is 1.77. The first-order valence-electron chi connectivity index (χ1n) is 10.5. The molecule has 0 bridgehead atoms. The minimum absolute atomic E-state index is 0.149. The molecule has 0 N–H and O–H groups in total. The van der Waals surface area contributed by atoms with Crippen LogP contribution in [-0.4, -0.2) is 27.5 Å². The highest BCUT2D eigenvalue weighted by Crippen LogP contribution is 2.25. The Labute approximate surface area is 167 Å². The van der Waals surface area contributed by atoms with Crippen LogP contribution in [0.15, 0.2) is 42.5 Å². The zero-order chi connectivity index (χ0) is 19.5. The molecule has 3 nitrogen and oxygen atoms in total. The number of aromatic nitrogens is 2. The van der Waals surface area contributed by atoms with Gasteiger partial charge >= 0.3 is 0 Å². The van der Waals surface area contributed by atoms with Crippen LogP contribution in [0, 0.1) is 18.7 Å². The first-order chi connectivity index (χ1) is 13.6. The zero-order valence-electron chi connectivity index (χ0n) is 17.0. The Hall–Kier alpha value is -2.20. The van der Waals surface area contributed by atoms with Gasteiger partial charge in [0.2, 0.25) is 0 Å². The number of benzene rings is 2. The fourth-order valence-corrected chi connectivity index (χ4v) is 4.63. The number of para-hydroxylation sites is 1. The number of piperidine rings is 1. The summed E-state index contributed by atoms with van der Waals surface area (Å²) in [5.41, 5.74) is 4.89. The number of nitrogens with zero attached hydrogens (tertiary/aromatic N) is 3. The van der Waals surface area contributed by atoms with E-state index in [0.29, 0.717) is 0 Å². The average molecular weight is 380 g/mol. The Morgan fingerprint density at radius 3 is 2.75 bits per heavy atom. The van der Waals surface area contributed by atoms with Gasteiger partial charge in [-0.2, -0.15) is 0 Å². The van der Waals surface area contributed by atoms with Crippen LogP contribution in [0.1, 0.15) is 42.6 Å². The standard InChI is InChI=1S/C24H30FN3/c1-18-6-3-10-22-24(18)27(2)23(26-22)17-28-15-5-9-20(16-28)8-4-7-19-11-13-21(25)14-12-19/h3,6,10-14,20H,4-5,7-9,15-17H2,1-2H3. The molecule has 1 aliphatic heterocycles. The van der Waals surface area contributed by atoms with E-state index >= 15 is 0 Å². The minimum Gasteiger partial charge on any atom is -0.330 e. The smallest absolute Gasteiger partial charge is 0.123 e. The first-order valence-corrected chi connectivity index (χ1v) is 10.5. The zero-order valence-corrected chi connectivity index (χ0v) is 17.0. The summed E-state index contributed by atoms with van der Waals surface area (Å²) in [5, 5.41) is 0. The van der Waals surface area contributed by atoms with Crippen molar-refractivity contribution in [1.29, 1.82) is 0 Å². The third kappa shape index (κ3) is 4.27. The van der Waals surface area contributed by atoms with Crippen LogP contribution in [0.5, 0.6) is 0 Å². The second-order valence-electron chi connectivity index (χ2n) is 8.29. The summed E-state index contributed by atoms with van der Waals surface area (Å²) < 4.78 is 15.3. The average Bonchev–Trinajstić information content (AvgIpc) is 3.00. The number of imidazole rings is 1. The quantitative estimate of drug-likeness (QED) is 0.583. The number of fused-ring (bicyclic) bond motifs is 1. The van der Waals surface area contributed by atoms with Gasteiger partial charge in [-0.15, -0.1) is 0 Å². The Balaban J connectivity index is 1.33. The fourth-order valence-electron chi connectivity index (χ4n) is 4.63. The molecule has 1 aromatic heterocycles. The van der Waals surface area contributed by atoms with E-state index in [2.05, 4.69) is 41.6 Å². The lowest BCUT2D eigenvalue weighted by atomic mass is 9.92. The summed E-state index contributed by atoms with van der Waals surface area (Å²) >= 11 is 0. The lowest BCUT2D eigenvalue weighted by Gasteiger charge is -2.32. The SMILES string of the molecule is Cc1cccc2nc(CN3CCCC(CCCc4ccc(F)cc4)C3)n(C)c12. The summed E-state index contributed by atoms with van der Waals surface area (Å²) in [6.07, 6.45) is 6.05. The van der Waals surface area contributed by atoms with Crippen LogP contribution in [0.2, 0.25) is 0 Å². The second-order valence-corrected chi connectivity index (χ2v) is 8.29. The van der Waals surface area contributed by atoms with E-state index in [1.807, 2.05) is 12.1 Å². The van der Waals surface area contributed by atoms with Crippen molar-refractivity contribution in [3.8, 4) is 0 Å². The van der Waals surface area contributed by atoms with E-state index in [4.69, 9.17) is 4.98 Å². The minimum atomic E-state index is -0.149. The van der Waals surface area contributed by atoms with Gasteiger partial charge in [0, 0.05) is 13.6 Å². The summed E-state index contributed by atoms with van der Waals surface area (Å²) in [4.78, 5) is 7.46. The van der Waals surface area contributed by atoms with Gasteiger partial charge in [-0.3, -0.25) is 4.90 Å². The Morgan fingerprint density at radius 1 is 1.14 bits per heavy atom.